The van der Waals surface area contributed by atoms with Crippen LogP contribution in [0.25, 0.3) is 83.0 Å². The summed E-state index contributed by atoms with van der Waals surface area (Å²) in [5.41, 5.74) is 25.8. The van der Waals surface area contributed by atoms with E-state index in [2.05, 4.69) is 226 Å². The van der Waals surface area contributed by atoms with Crippen molar-refractivity contribution in [1.29, 1.82) is 0 Å². The van der Waals surface area contributed by atoms with Crippen molar-refractivity contribution in [1.82, 2.24) is 4.98 Å². The highest BCUT2D eigenvalue weighted by atomic mass is 14.7. The summed E-state index contributed by atoms with van der Waals surface area (Å²) >= 11 is 0. The number of hydrogen-bond acceptors (Lipinski definition) is 1. The van der Waals surface area contributed by atoms with Crippen molar-refractivity contribution in [3.63, 3.8) is 0 Å². The molecule has 9 aromatic carbocycles. The van der Waals surface area contributed by atoms with E-state index >= 15 is 0 Å². The van der Waals surface area contributed by atoms with Gasteiger partial charge in [-0.3, -0.25) is 0 Å². The Hall–Kier alpha value is -8.13. The number of hydrogen-bond donors (Lipinski definition) is 0. The minimum atomic E-state index is -0.440. The monoisotopic (exact) mass is 823 g/mol. The Bertz CT molecular complexity index is 3770. The second-order valence-electron chi connectivity index (χ2n) is 18.1. The molecular weight excluding hydrogens is 783 g/mol. The van der Waals surface area contributed by atoms with Gasteiger partial charge in [0.05, 0.1) is 22.0 Å². The van der Waals surface area contributed by atoms with Gasteiger partial charge in [0.1, 0.15) is 0 Å². The average molecular weight is 824 g/mol. The molecule has 65 heavy (non-hydrogen) atoms. The van der Waals surface area contributed by atoms with Gasteiger partial charge >= 0.3 is 0 Å². The Kier molecular flexibility index (Phi) is 7.39. The van der Waals surface area contributed by atoms with Crippen molar-refractivity contribution < 1.29 is 0 Å². The standard InChI is InChI=1S/C64H41N/c1-3-4-28-50-39(2)42-21-5-11-29-51(42)63(50)54-32-14-8-24-46(54)59-43(27-18-34-56(59)63)40-19-17-20-41(38-40)62-49-36-37-57-61(60(49)48-26-10-16-35-58(48)65-62)47-25-9-15-33-55(47)64(57)52-30-12-6-22-44(52)45-23-7-13-31-53(45)64/h3-38H,1H2,2H3/b28-4-. The Morgan fingerprint density at radius 3 is 1.63 bits per heavy atom. The number of rotatable bonds is 4. The predicted molar refractivity (Wildman–Crippen MR) is 270 cm³/mol. The van der Waals surface area contributed by atoms with Crippen molar-refractivity contribution in [2.24, 2.45) is 0 Å². The van der Waals surface area contributed by atoms with Gasteiger partial charge in [-0.15, -0.1) is 0 Å². The van der Waals surface area contributed by atoms with Crippen molar-refractivity contribution in [3.05, 3.63) is 275 Å². The van der Waals surface area contributed by atoms with Crippen LogP contribution in [0.4, 0.5) is 0 Å². The summed E-state index contributed by atoms with van der Waals surface area (Å²) in [4.78, 5) is 5.57. The third kappa shape index (κ3) is 4.45. The maximum atomic E-state index is 5.57. The number of para-hydroxylation sites is 1. The molecule has 1 unspecified atom stereocenters. The number of aromatic nitrogens is 1. The van der Waals surface area contributed by atoms with Crippen molar-refractivity contribution in [2.75, 3.05) is 0 Å². The van der Waals surface area contributed by atoms with Gasteiger partial charge in [0.2, 0.25) is 0 Å². The summed E-state index contributed by atoms with van der Waals surface area (Å²) in [7, 11) is 0. The molecular formula is C64H41N. The molecule has 0 saturated carbocycles. The van der Waals surface area contributed by atoms with Crippen LogP contribution in [0.1, 0.15) is 51.4 Å². The van der Waals surface area contributed by atoms with Crippen LogP contribution in [-0.4, -0.2) is 4.98 Å². The zero-order valence-electron chi connectivity index (χ0n) is 35.9. The Labute approximate surface area is 379 Å². The molecule has 1 atom stereocenters. The summed E-state index contributed by atoms with van der Waals surface area (Å²) in [5, 5.41) is 3.60. The minimum absolute atomic E-state index is 0.423. The molecule has 14 rings (SSSR count). The van der Waals surface area contributed by atoms with Crippen LogP contribution in [0.3, 0.4) is 0 Å². The maximum absolute atomic E-state index is 5.57. The lowest BCUT2D eigenvalue weighted by atomic mass is 9.69. The quantitative estimate of drug-likeness (QED) is 0.127. The molecule has 0 bridgehead atoms. The largest absolute Gasteiger partial charge is 0.247 e. The first-order valence-electron chi connectivity index (χ1n) is 22.8. The average Bonchev–Trinajstić information content (AvgIpc) is 4.04. The predicted octanol–water partition coefficient (Wildman–Crippen LogP) is 15.9. The van der Waals surface area contributed by atoms with Gasteiger partial charge in [-0.2, -0.15) is 0 Å². The topological polar surface area (TPSA) is 12.9 Å². The molecule has 1 heterocycles. The fourth-order valence-corrected chi connectivity index (χ4v) is 12.9. The molecule has 0 N–H and O–H groups in total. The second kappa shape index (κ2) is 13.2. The number of pyridine rings is 1. The van der Waals surface area contributed by atoms with Crippen molar-refractivity contribution in [2.45, 2.75) is 17.8 Å². The van der Waals surface area contributed by atoms with Crippen molar-refractivity contribution >= 4 is 27.2 Å². The molecule has 2 spiro atoms. The van der Waals surface area contributed by atoms with Crippen LogP contribution >= 0.6 is 0 Å². The lowest BCUT2D eigenvalue weighted by Crippen LogP contribution is -2.26. The van der Waals surface area contributed by atoms with E-state index in [9.17, 15) is 0 Å². The molecule has 0 amide bonds. The maximum Gasteiger partial charge on any atom is 0.0788 e. The van der Waals surface area contributed by atoms with Gasteiger partial charge in [0, 0.05) is 21.7 Å². The van der Waals surface area contributed by atoms with Gasteiger partial charge in [0.15, 0.2) is 0 Å². The SMILES string of the molecule is C=C/C=C\C1=C(C)c2ccccc2C12c1ccccc1-c1c(-c3cccc(-c4nc5ccccc5c5c6c(ccc45)C4(c5ccccc5-c5ccccc54)c4ccccc4-6)c3)cccc12. The molecule has 1 heteroatoms. The van der Waals surface area contributed by atoms with E-state index in [1.54, 1.807) is 0 Å². The molecule has 302 valence electrons. The lowest BCUT2D eigenvalue weighted by molar-refractivity contribution is 0.786. The smallest absolute Gasteiger partial charge is 0.0788 e. The van der Waals surface area contributed by atoms with E-state index < -0.39 is 10.8 Å². The van der Waals surface area contributed by atoms with Crippen LogP contribution in [-0.2, 0) is 10.8 Å². The van der Waals surface area contributed by atoms with Crippen LogP contribution in [0.15, 0.2) is 231 Å². The highest BCUT2D eigenvalue weighted by Gasteiger charge is 2.53. The molecule has 0 saturated heterocycles. The van der Waals surface area contributed by atoms with E-state index in [4.69, 9.17) is 4.98 Å². The fraction of sp³-hybridized carbons (Fsp3) is 0.0469. The molecule has 0 fully saturated rings. The first-order chi connectivity index (χ1) is 32.2. The highest BCUT2D eigenvalue weighted by Crippen LogP contribution is 2.65. The number of benzene rings is 9. The second-order valence-corrected chi connectivity index (χ2v) is 18.1. The lowest BCUT2D eigenvalue weighted by Gasteiger charge is -2.31. The van der Waals surface area contributed by atoms with Crippen LogP contribution in [0.5, 0.6) is 0 Å². The zero-order chi connectivity index (χ0) is 43.0. The van der Waals surface area contributed by atoms with Gasteiger partial charge in [-0.1, -0.05) is 213 Å². The fourth-order valence-electron chi connectivity index (χ4n) is 12.9. The summed E-state index contributed by atoms with van der Waals surface area (Å²) in [5.74, 6) is 0. The summed E-state index contributed by atoms with van der Waals surface area (Å²) in [6.07, 6.45) is 6.28. The van der Waals surface area contributed by atoms with E-state index in [1.807, 2.05) is 6.08 Å². The van der Waals surface area contributed by atoms with Crippen LogP contribution < -0.4 is 0 Å². The molecule has 4 aliphatic carbocycles. The van der Waals surface area contributed by atoms with Crippen LogP contribution in [0, 0.1) is 0 Å². The summed E-state index contributed by atoms with van der Waals surface area (Å²) < 4.78 is 0. The molecule has 0 aliphatic heterocycles. The Balaban J connectivity index is 1.02. The van der Waals surface area contributed by atoms with Gasteiger partial charge < -0.3 is 0 Å². The van der Waals surface area contributed by atoms with E-state index in [1.165, 1.54) is 111 Å². The Morgan fingerprint density at radius 2 is 0.923 bits per heavy atom. The summed E-state index contributed by atoms with van der Waals surface area (Å²) in [6, 6.07) is 74.9. The third-order valence-corrected chi connectivity index (χ3v) is 15.3. The summed E-state index contributed by atoms with van der Waals surface area (Å²) in [6.45, 7) is 6.35. The van der Waals surface area contributed by atoms with Gasteiger partial charge in [0.25, 0.3) is 0 Å². The minimum Gasteiger partial charge on any atom is -0.247 e. The van der Waals surface area contributed by atoms with E-state index in [-0.39, 0.29) is 0 Å². The van der Waals surface area contributed by atoms with E-state index in [0.717, 1.165) is 22.2 Å². The van der Waals surface area contributed by atoms with Gasteiger partial charge in [-0.05, 0) is 119 Å². The number of nitrogens with zero attached hydrogens (tertiary/aromatic N) is 1. The first kappa shape index (κ1) is 36.4. The van der Waals surface area contributed by atoms with E-state index in [0.29, 0.717) is 0 Å². The molecule has 0 radical (unpaired) electrons. The molecule has 1 aromatic heterocycles. The molecule has 10 aromatic rings. The number of fused-ring (bicyclic) bond motifs is 21. The van der Waals surface area contributed by atoms with Crippen LogP contribution in [0.2, 0.25) is 0 Å². The highest BCUT2D eigenvalue weighted by molar-refractivity contribution is 6.20. The Morgan fingerprint density at radius 1 is 0.415 bits per heavy atom. The molecule has 1 nitrogen and oxygen atoms in total. The normalized spacial score (nSPS) is 16.5. The van der Waals surface area contributed by atoms with Crippen molar-refractivity contribution in [3.8, 4) is 55.8 Å². The third-order valence-electron chi connectivity index (χ3n) is 15.3. The number of allylic oxidation sites excluding steroid dienone is 5. The zero-order valence-corrected chi connectivity index (χ0v) is 35.9. The molecule has 4 aliphatic rings. The first-order valence-corrected chi connectivity index (χ1v) is 22.8. The van der Waals surface area contributed by atoms with Gasteiger partial charge in [-0.25, -0.2) is 4.98 Å².